The SMILES string of the molecule is CC(C)(C)NC(=O)CSc1n[nH]c(N/N=C/c2ccc(Cl)cc2)n1. The molecule has 0 fully saturated rings. The van der Waals surface area contributed by atoms with E-state index in [9.17, 15) is 4.79 Å². The zero-order chi connectivity index (χ0) is 17.6. The van der Waals surface area contributed by atoms with Gasteiger partial charge in [0, 0.05) is 10.6 Å². The lowest BCUT2D eigenvalue weighted by molar-refractivity contribution is -0.119. The van der Waals surface area contributed by atoms with Crippen molar-refractivity contribution >= 4 is 41.4 Å². The molecule has 0 saturated carbocycles. The Hall–Kier alpha value is -2.06. The fourth-order valence-electron chi connectivity index (χ4n) is 1.66. The van der Waals surface area contributed by atoms with Gasteiger partial charge in [-0.15, -0.1) is 5.10 Å². The summed E-state index contributed by atoms with van der Waals surface area (Å²) in [6.45, 7) is 5.80. The lowest BCUT2D eigenvalue weighted by Gasteiger charge is -2.19. The van der Waals surface area contributed by atoms with Crippen LogP contribution in [-0.2, 0) is 4.79 Å². The van der Waals surface area contributed by atoms with E-state index in [1.807, 2.05) is 32.9 Å². The zero-order valence-corrected chi connectivity index (χ0v) is 15.2. The van der Waals surface area contributed by atoms with Crippen molar-refractivity contribution in [2.45, 2.75) is 31.5 Å². The number of aromatic amines is 1. The number of nitrogens with zero attached hydrogens (tertiary/aromatic N) is 3. The number of H-pyrrole nitrogens is 1. The number of hydrogen-bond acceptors (Lipinski definition) is 6. The number of hydrazone groups is 1. The largest absolute Gasteiger partial charge is 0.351 e. The van der Waals surface area contributed by atoms with E-state index in [0.717, 1.165) is 5.56 Å². The standard InChI is InChI=1S/C15H19ClN6OS/c1-15(2,3)19-12(23)9-24-14-18-13(21-22-14)20-17-8-10-4-6-11(16)7-5-10/h4-8H,9H2,1-3H3,(H,19,23)(H2,18,20,21,22)/b17-8+. The van der Waals surface area contributed by atoms with Crippen molar-refractivity contribution < 1.29 is 4.79 Å². The molecule has 1 heterocycles. The smallest absolute Gasteiger partial charge is 0.240 e. The second-order valence-electron chi connectivity index (χ2n) is 5.97. The molecule has 9 heteroatoms. The molecule has 0 aliphatic carbocycles. The highest BCUT2D eigenvalue weighted by Crippen LogP contribution is 2.14. The summed E-state index contributed by atoms with van der Waals surface area (Å²) in [5.41, 5.74) is 3.40. The van der Waals surface area contributed by atoms with Crippen LogP contribution < -0.4 is 10.7 Å². The highest BCUT2D eigenvalue weighted by molar-refractivity contribution is 7.99. The fourth-order valence-corrected chi connectivity index (χ4v) is 2.39. The van der Waals surface area contributed by atoms with Gasteiger partial charge in [-0.25, -0.2) is 10.5 Å². The molecular weight excluding hydrogens is 348 g/mol. The third-order valence-electron chi connectivity index (χ3n) is 2.57. The summed E-state index contributed by atoms with van der Waals surface area (Å²) in [4.78, 5) is 15.9. The van der Waals surface area contributed by atoms with Crippen LogP contribution in [-0.4, -0.2) is 38.6 Å². The van der Waals surface area contributed by atoms with Gasteiger partial charge in [-0.1, -0.05) is 35.5 Å². The van der Waals surface area contributed by atoms with Crippen LogP contribution in [0.3, 0.4) is 0 Å². The number of thioether (sulfide) groups is 1. The van der Waals surface area contributed by atoms with Crippen LogP contribution in [0.25, 0.3) is 0 Å². The molecule has 0 bridgehead atoms. The van der Waals surface area contributed by atoms with Crippen LogP contribution in [0.5, 0.6) is 0 Å². The van der Waals surface area contributed by atoms with Gasteiger partial charge in [0.15, 0.2) is 0 Å². The van der Waals surface area contributed by atoms with Crippen molar-refractivity contribution in [1.82, 2.24) is 20.5 Å². The molecule has 7 nitrogen and oxygen atoms in total. The molecule has 128 valence electrons. The molecule has 0 aliphatic heterocycles. The van der Waals surface area contributed by atoms with Gasteiger partial charge in [0.2, 0.25) is 17.0 Å². The number of rotatable bonds is 6. The van der Waals surface area contributed by atoms with Gasteiger partial charge in [0.05, 0.1) is 12.0 Å². The van der Waals surface area contributed by atoms with Gasteiger partial charge in [0.1, 0.15) is 0 Å². The number of carbonyl (C=O) groups is 1. The number of halogens is 1. The van der Waals surface area contributed by atoms with Crippen LogP contribution in [0.15, 0.2) is 34.5 Å². The Kier molecular flexibility index (Phi) is 6.22. The molecular formula is C15H19ClN6OS. The zero-order valence-electron chi connectivity index (χ0n) is 13.6. The number of nitrogens with one attached hydrogen (secondary N) is 3. The first-order chi connectivity index (χ1) is 11.3. The predicted octanol–water partition coefficient (Wildman–Crippen LogP) is 2.91. The molecule has 0 aliphatic rings. The summed E-state index contributed by atoms with van der Waals surface area (Å²) in [5.74, 6) is 0.592. The Labute approximate surface area is 149 Å². The average Bonchev–Trinajstić information content (AvgIpc) is 2.93. The van der Waals surface area contributed by atoms with E-state index in [1.165, 1.54) is 11.8 Å². The van der Waals surface area contributed by atoms with Gasteiger partial charge in [-0.05, 0) is 38.5 Å². The molecule has 1 amide bonds. The Bertz CT molecular complexity index is 707. The molecule has 1 aromatic carbocycles. The first-order valence-corrected chi connectivity index (χ1v) is 8.59. The normalized spacial score (nSPS) is 11.7. The molecule has 0 unspecified atom stereocenters. The minimum atomic E-state index is -0.250. The minimum Gasteiger partial charge on any atom is -0.351 e. The van der Waals surface area contributed by atoms with E-state index in [4.69, 9.17) is 11.6 Å². The first-order valence-electron chi connectivity index (χ1n) is 7.23. The monoisotopic (exact) mass is 366 g/mol. The molecule has 0 atom stereocenters. The third-order valence-corrected chi connectivity index (χ3v) is 3.67. The summed E-state index contributed by atoms with van der Waals surface area (Å²) in [6.07, 6.45) is 1.64. The highest BCUT2D eigenvalue weighted by Gasteiger charge is 2.14. The second-order valence-corrected chi connectivity index (χ2v) is 7.35. The van der Waals surface area contributed by atoms with Crippen molar-refractivity contribution in [2.75, 3.05) is 11.2 Å². The van der Waals surface area contributed by atoms with Crippen LogP contribution in [0.4, 0.5) is 5.95 Å². The quantitative estimate of drug-likeness (QED) is 0.415. The van der Waals surface area contributed by atoms with Crippen molar-refractivity contribution in [3.05, 3.63) is 34.9 Å². The second kappa shape index (κ2) is 8.16. The van der Waals surface area contributed by atoms with E-state index >= 15 is 0 Å². The van der Waals surface area contributed by atoms with Gasteiger partial charge < -0.3 is 5.32 Å². The summed E-state index contributed by atoms with van der Waals surface area (Å²) < 4.78 is 0. The molecule has 3 N–H and O–H groups in total. The van der Waals surface area contributed by atoms with Crippen molar-refractivity contribution in [1.29, 1.82) is 0 Å². The Morgan fingerprint density at radius 2 is 2.08 bits per heavy atom. The molecule has 2 aromatic rings. The third kappa shape index (κ3) is 6.59. The molecule has 1 aromatic heterocycles. The maximum Gasteiger partial charge on any atom is 0.240 e. The maximum atomic E-state index is 11.7. The van der Waals surface area contributed by atoms with Crippen LogP contribution in [0.1, 0.15) is 26.3 Å². The van der Waals surface area contributed by atoms with Crippen molar-refractivity contribution in [2.24, 2.45) is 5.10 Å². The van der Waals surface area contributed by atoms with Crippen LogP contribution >= 0.6 is 23.4 Å². The molecule has 24 heavy (non-hydrogen) atoms. The molecule has 0 radical (unpaired) electrons. The van der Waals surface area contributed by atoms with Crippen LogP contribution in [0.2, 0.25) is 5.02 Å². The van der Waals surface area contributed by atoms with Crippen LogP contribution in [0, 0.1) is 0 Å². The fraction of sp³-hybridized carbons (Fsp3) is 0.333. The summed E-state index contributed by atoms with van der Waals surface area (Å²) in [7, 11) is 0. The van der Waals surface area contributed by atoms with Gasteiger partial charge >= 0.3 is 0 Å². The molecule has 0 saturated heterocycles. The number of carbonyl (C=O) groups excluding carboxylic acids is 1. The number of anilines is 1. The Morgan fingerprint density at radius 3 is 2.75 bits per heavy atom. The molecule has 0 spiro atoms. The van der Waals surface area contributed by atoms with E-state index in [1.54, 1.807) is 18.3 Å². The van der Waals surface area contributed by atoms with Gasteiger partial charge in [0.25, 0.3) is 0 Å². The first kappa shape index (κ1) is 18.3. The number of hydrogen-bond donors (Lipinski definition) is 3. The molecule has 2 rings (SSSR count). The van der Waals surface area contributed by atoms with Crippen molar-refractivity contribution in [3.8, 4) is 0 Å². The number of amides is 1. The van der Waals surface area contributed by atoms with E-state index in [2.05, 4.69) is 31.0 Å². The van der Waals surface area contributed by atoms with Gasteiger partial charge in [-0.2, -0.15) is 10.1 Å². The summed E-state index contributed by atoms with van der Waals surface area (Å²) in [6, 6.07) is 7.27. The van der Waals surface area contributed by atoms with E-state index in [0.29, 0.717) is 16.1 Å². The van der Waals surface area contributed by atoms with Gasteiger partial charge in [-0.3, -0.25) is 4.79 Å². The minimum absolute atomic E-state index is 0.0624. The predicted molar refractivity (Wildman–Crippen MR) is 97.7 cm³/mol. The Balaban J connectivity index is 1.80. The maximum absolute atomic E-state index is 11.7. The average molecular weight is 367 g/mol. The lowest BCUT2D eigenvalue weighted by atomic mass is 10.1. The lowest BCUT2D eigenvalue weighted by Crippen LogP contribution is -2.41. The topological polar surface area (TPSA) is 95.1 Å². The van der Waals surface area contributed by atoms with E-state index < -0.39 is 0 Å². The summed E-state index contributed by atoms with van der Waals surface area (Å²) >= 11 is 7.07. The number of aromatic nitrogens is 3. The summed E-state index contributed by atoms with van der Waals surface area (Å²) in [5, 5.41) is 14.8. The number of benzene rings is 1. The van der Waals surface area contributed by atoms with Crippen molar-refractivity contribution in [3.63, 3.8) is 0 Å². The van der Waals surface area contributed by atoms with E-state index in [-0.39, 0.29) is 17.2 Å². The highest BCUT2D eigenvalue weighted by atomic mass is 35.5. The Morgan fingerprint density at radius 1 is 1.38 bits per heavy atom.